The molecule has 0 aromatic rings. The van der Waals surface area contributed by atoms with Crippen LogP contribution in [0.1, 0.15) is 19.3 Å². The molecule has 0 atom stereocenters. The average Bonchev–Trinajstić information content (AvgIpc) is 2.09. The zero-order chi connectivity index (χ0) is 9.90. The number of hydrogen-bond acceptors (Lipinski definition) is 3. The van der Waals surface area contributed by atoms with E-state index in [9.17, 15) is 14.7 Å². The van der Waals surface area contributed by atoms with Crippen molar-refractivity contribution in [1.29, 1.82) is 0 Å². The molecule has 3 amide bonds. The first-order chi connectivity index (χ1) is 6.08. The molecule has 0 heterocycles. The molecule has 0 spiro atoms. The van der Waals surface area contributed by atoms with Crippen LogP contribution in [0.3, 0.4) is 0 Å². The monoisotopic (exact) mass is 187 g/mol. The molecule has 1 rings (SSSR count). The molecule has 1 fully saturated rings. The molecular weight excluding hydrogens is 174 g/mol. The first kappa shape index (κ1) is 9.79. The molecule has 0 aromatic carbocycles. The molecule has 1 saturated carbocycles. The summed E-state index contributed by atoms with van der Waals surface area (Å²) in [7, 11) is 1.43. The van der Waals surface area contributed by atoms with Crippen LogP contribution in [0.15, 0.2) is 0 Å². The second kappa shape index (κ2) is 3.61. The third kappa shape index (κ3) is 2.09. The Balaban J connectivity index is 2.29. The minimum absolute atomic E-state index is 0.453. The number of aliphatic hydroxyl groups is 1. The largest absolute Gasteiger partial charge is 0.380 e. The molecule has 4 N–H and O–H groups in total. The average molecular weight is 187 g/mol. The maximum atomic E-state index is 11.2. The lowest BCUT2D eigenvalue weighted by Crippen LogP contribution is -2.57. The molecule has 6 nitrogen and oxygen atoms in total. The number of hydrazine groups is 1. The van der Waals surface area contributed by atoms with Crippen molar-refractivity contribution in [2.45, 2.75) is 24.9 Å². The van der Waals surface area contributed by atoms with Crippen molar-refractivity contribution in [3.63, 3.8) is 0 Å². The summed E-state index contributed by atoms with van der Waals surface area (Å²) in [5.41, 5.74) is 2.94. The fraction of sp³-hybridized carbons (Fsp3) is 0.714. The van der Waals surface area contributed by atoms with Crippen molar-refractivity contribution in [2.75, 3.05) is 7.05 Å². The van der Waals surface area contributed by atoms with Gasteiger partial charge in [0.1, 0.15) is 5.60 Å². The van der Waals surface area contributed by atoms with E-state index in [2.05, 4.69) is 16.2 Å². The van der Waals surface area contributed by atoms with Crippen LogP contribution < -0.4 is 16.2 Å². The predicted octanol–water partition coefficient (Wildman–Crippen LogP) is -1.14. The van der Waals surface area contributed by atoms with Crippen molar-refractivity contribution < 1.29 is 14.7 Å². The van der Waals surface area contributed by atoms with Gasteiger partial charge >= 0.3 is 6.03 Å². The van der Waals surface area contributed by atoms with E-state index >= 15 is 0 Å². The Kier molecular flexibility index (Phi) is 2.72. The number of amides is 3. The Morgan fingerprint density at radius 3 is 2.31 bits per heavy atom. The Labute approximate surface area is 75.7 Å². The number of rotatable bonds is 1. The highest BCUT2D eigenvalue weighted by Gasteiger charge is 2.42. The molecule has 0 saturated heterocycles. The van der Waals surface area contributed by atoms with E-state index in [0.717, 1.165) is 6.42 Å². The van der Waals surface area contributed by atoms with E-state index in [1.807, 2.05) is 0 Å². The first-order valence-corrected chi connectivity index (χ1v) is 4.09. The zero-order valence-electron chi connectivity index (χ0n) is 7.39. The van der Waals surface area contributed by atoms with Gasteiger partial charge in [0.15, 0.2) is 0 Å². The lowest BCUT2D eigenvalue weighted by Gasteiger charge is -2.34. The molecular formula is C7H13N3O3. The summed E-state index contributed by atoms with van der Waals surface area (Å²) >= 11 is 0. The number of carbonyl (C=O) groups excluding carboxylic acids is 2. The summed E-state index contributed by atoms with van der Waals surface area (Å²) in [6.45, 7) is 0. The standard InChI is InChI=1S/C7H13N3O3/c1-8-6(12)10-9-5(11)7(13)3-2-4-7/h13H,2-4H2,1H3,(H,9,11)(H2,8,10,12). The highest BCUT2D eigenvalue weighted by molar-refractivity contribution is 5.87. The van der Waals surface area contributed by atoms with Crippen LogP contribution in [0, 0.1) is 0 Å². The number of carbonyl (C=O) groups is 2. The van der Waals surface area contributed by atoms with Gasteiger partial charge in [0.05, 0.1) is 0 Å². The van der Waals surface area contributed by atoms with Gasteiger partial charge in [-0.2, -0.15) is 0 Å². The van der Waals surface area contributed by atoms with Gasteiger partial charge in [-0.15, -0.1) is 0 Å². The summed E-state index contributed by atoms with van der Waals surface area (Å²) in [4.78, 5) is 21.8. The topological polar surface area (TPSA) is 90.5 Å². The van der Waals surface area contributed by atoms with Gasteiger partial charge < -0.3 is 10.4 Å². The molecule has 0 radical (unpaired) electrons. The molecule has 0 aromatic heterocycles. The third-order valence-corrected chi connectivity index (χ3v) is 2.12. The lowest BCUT2D eigenvalue weighted by molar-refractivity contribution is -0.149. The van der Waals surface area contributed by atoms with E-state index in [1.165, 1.54) is 7.05 Å². The lowest BCUT2D eigenvalue weighted by atomic mass is 9.80. The van der Waals surface area contributed by atoms with E-state index < -0.39 is 17.5 Å². The van der Waals surface area contributed by atoms with E-state index in [4.69, 9.17) is 0 Å². The number of nitrogens with one attached hydrogen (secondary N) is 3. The third-order valence-electron chi connectivity index (χ3n) is 2.12. The van der Waals surface area contributed by atoms with Crippen molar-refractivity contribution in [3.05, 3.63) is 0 Å². The van der Waals surface area contributed by atoms with Crippen LogP contribution in [0.2, 0.25) is 0 Å². The van der Waals surface area contributed by atoms with Crippen molar-refractivity contribution >= 4 is 11.9 Å². The highest BCUT2D eigenvalue weighted by Crippen LogP contribution is 2.31. The van der Waals surface area contributed by atoms with Crippen LogP contribution in [0.4, 0.5) is 4.79 Å². The van der Waals surface area contributed by atoms with Gasteiger partial charge in [-0.05, 0) is 19.3 Å². The number of urea groups is 1. The molecule has 1 aliphatic carbocycles. The first-order valence-electron chi connectivity index (χ1n) is 4.09. The van der Waals surface area contributed by atoms with Gasteiger partial charge in [0.25, 0.3) is 5.91 Å². The highest BCUT2D eigenvalue weighted by atomic mass is 16.3. The fourth-order valence-corrected chi connectivity index (χ4v) is 1.03. The quantitative estimate of drug-likeness (QED) is 0.391. The Bertz CT molecular complexity index is 225. The minimum Gasteiger partial charge on any atom is -0.380 e. The zero-order valence-corrected chi connectivity index (χ0v) is 7.39. The molecule has 0 unspecified atom stereocenters. The molecule has 0 aliphatic heterocycles. The maximum Gasteiger partial charge on any atom is 0.333 e. The molecule has 74 valence electrons. The SMILES string of the molecule is CNC(=O)NNC(=O)C1(O)CCC1. The van der Waals surface area contributed by atoms with Crippen LogP contribution >= 0.6 is 0 Å². The second-order valence-electron chi connectivity index (χ2n) is 3.04. The number of hydrogen-bond donors (Lipinski definition) is 4. The Morgan fingerprint density at radius 1 is 1.31 bits per heavy atom. The molecule has 13 heavy (non-hydrogen) atoms. The van der Waals surface area contributed by atoms with Gasteiger partial charge in [0, 0.05) is 7.05 Å². The molecule has 6 heteroatoms. The summed E-state index contributed by atoms with van der Waals surface area (Å²) in [6, 6.07) is -0.517. The summed E-state index contributed by atoms with van der Waals surface area (Å²) in [5, 5.41) is 11.7. The van der Waals surface area contributed by atoms with Gasteiger partial charge in [-0.1, -0.05) is 0 Å². The normalized spacial score (nSPS) is 18.3. The Morgan fingerprint density at radius 2 is 1.92 bits per heavy atom. The van der Waals surface area contributed by atoms with Crippen molar-refractivity contribution in [1.82, 2.24) is 16.2 Å². The summed E-state index contributed by atoms with van der Waals surface area (Å²) in [5.74, 6) is -0.553. The van der Waals surface area contributed by atoms with Crippen LogP contribution in [-0.2, 0) is 4.79 Å². The van der Waals surface area contributed by atoms with Gasteiger partial charge in [-0.25, -0.2) is 10.2 Å². The molecule has 1 aliphatic rings. The van der Waals surface area contributed by atoms with Crippen molar-refractivity contribution in [3.8, 4) is 0 Å². The second-order valence-corrected chi connectivity index (χ2v) is 3.04. The predicted molar refractivity (Wildman–Crippen MR) is 44.5 cm³/mol. The van der Waals surface area contributed by atoms with Crippen LogP contribution in [-0.4, -0.2) is 29.7 Å². The van der Waals surface area contributed by atoms with Crippen LogP contribution in [0.25, 0.3) is 0 Å². The fourth-order valence-electron chi connectivity index (χ4n) is 1.03. The van der Waals surface area contributed by atoms with Crippen LogP contribution in [0.5, 0.6) is 0 Å². The van der Waals surface area contributed by atoms with E-state index in [0.29, 0.717) is 12.8 Å². The van der Waals surface area contributed by atoms with Gasteiger partial charge in [-0.3, -0.25) is 10.2 Å². The summed E-state index contributed by atoms with van der Waals surface area (Å²) < 4.78 is 0. The maximum absolute atomic E-state index is 11.2. The Hall–Kier alpha value is -1.30. The molecule has 0 bridgehead atoms. The summed E-state index contributed by atoms with van der Waals surface area (Å²) in [6.07, 6.45) is 1.74. The van der Waals surface area contributed by atoms with E-state index in [1.54, 1.807) is 0 Å². The van der Waals surface area contributed by atoms with Gasteiger partial charge in [0.2, 0.25) is 0 Å². The van der Waals surface area contributed by atoms with E-state index in [-0.39, 0.29) is 0 Å². The smallest absolute Gasteiger partial charge is 0.333 e. The minimum atomic E-state index is -1.28. The van der Waals surface area contributed by atoms with Crippen molar-refractivity contribution in [2.24, 2.45) is 0 Å².